The van der Waals surface area contributed by atoms with Gasteiger partial charge >= 0.3 is 0 Å². The minimum Gasteiger partial charge on any atom is -0.302 e. The van der Waals surface area contributed by atoms with Crippen LogP contribution in [0.1, 0.15) is 36.4 Å². The maximum Gasteiger partial charge on any atom is 0.0672 e. The average Bonchev–Trinajstić information content (AvgIpc) is 3.01. The van der Waals surface area contributed by atoms with Crippen LogP contribution in [0, 0.1) is 17.2 Å². The predicted molar refractivity (Wildman–Crippen MR) is 82.4 cm³/mol. The zero-order chi connectivity index (χ0) is 14.5. The van der Waals surface area contributed by atoms with E-state index in [-0.39, 0.29) is 18.0 Å². The monoisotopic (exact) mass is 277 g/mol. The van der Waals surface area contributed by atoms with Crippen LogP contribution in [0.3, 0.4) is 0 Å². The molecule has 1 aliphatic carbocycles. The van der Waals surface area contributed by atoms with Gasteiger partial charge in [0, 0.05) is 18.4 Å². The van der Waals surface area contributed by atoms with Gasteiger partial charge in [-0.3, -0.25) is 4.98 Å². The van der Waals surface area contributed by atoms with Gasteiger partial charge in [-0.05, 0) is 36.1 Å². The van der Waals surface area contributed by atoms with Gasteiger partial charge in [0.2, 0.25) is 0 Å². The highest BCUT2D eigenvalue weighted by molar-refractivity contribution is 5.30. The topological polar surface area (TPSA) is 48.7 Å². The molecule has 3 heteroatoms. The molecule has 1 aromatic heterocycles. The van der Waals surface area contributed by atoms with Crippen molar-refractivity contribution in [3.63, 3.8) is 0 Å². The number of nitriles is 1. The van der Waals surface area contributed by atoms with Gasteiger partial charge in [0.1, 0.15) is 0 Å². The van der Waals surface area contributed by atoms with Gasteiger partial charge in [0.15, 0.2) is 0 Å². The average molecular weight is 277 g/mol. The zero-order valence-corrected chi connectivity index (χ0v) is 11.9. The quantitative estimate of drug-likeness (QED) is 0.931. The lowest BCUT2D eigenvalue weighted by Gasteiger charge is -2.25. The third-order valence-corrected chi connectivity index (χ3v) is 4.23. The van der Waals surface area contributed by atoms with Gasteiger partial charge in [-0.1, -0.05) is 36.8 Å². The van der Waals surface area contributed by atoms with Crippen LogP contribution in [-0.4, -0.2) is 11.0 Å². The number of benzene rings is 1. The first-order valence-electron chi connectivity index (χ1n) is 7.49. The van der Waals surface area contributed by atoms with Crippen LogP contribution in [0.2, 0.25) is 0 Å². The Labute approximate surface area is 125 Å². The fourth-order valence-electron chi connectivity index (χ4n) is 3.11. The van der Waals surface area contributed by atoms with E-state index in [4.69, 9.17) is 0 Å². The van der Waals surface area contributed by atoms with E-state index in [0.717, 1.165) is 19.3 Å². The van der Waals surface area contributed by atoms with Crippen LogP contribution in [0.25, 0.3) is 0 Å². The number of aromatic nitrogens is 1. The molecule has 21 heavy (non-hydrogen) atoms. The molecule has 1 N–H and O–H groups in total. The summed E-state index contributed by atoms with van der Waals surface area (Å²) in [7, 11) is 0. The van der Waals surface area contributed by atoms with Crippen LogP contribution in [0.5, 0.6) is 0 Å². The summed E-state index contributed by atoms with van der Waals surface area (Å²) in [6, 6.07) is 17.3. The fraction of sp³-hybridized carbons (Fsp3) is 0.333. The molecule has 0 spiro atoms. The molecule has 1 saturated carbocycles. The smallest absolute Gasteiger partial charge is 0.0672 e. The zero-order valence-electron chi connectivity index (χ0n) is 11.9. The van der Waals surface area contributed by atoms with E-state index in [1.807, 2.05) is 30.6 Å². The van der Waals surface area contributed by atoms with Gasteiger partial charge in [0.05, 0.1) is 18.0 Å². The van der Waals surface area contributed by atoms with E-state index in [9.17, 15) is 5.26 Å². The van der Waals surface area contributed by atoms with E-state index in [2.05, 4.69) is 40.6 Å². The largest absolute Gasteiger partial charge is 0.302 e. The molecule has 1 heterocycles. The first kappa shape index (κ1) is 13.8. The molecule has 0 saturated heterocycles. The Hall–Kier alpha value is -2.18. The molecule has 106 valence electrons. The second-order valence-electron chi connectivity index (χ2n) is 5.56. The third-order valence-electron chi connectivity index (χ3n) is 4.23. The minimum absolute atomic E-state index is 0.119. The van der Waals surface area contributed by atoms with Gasteiger partial charge in [0.25, 0.3) is 0 Å². The van der Waals surface area contributed by atoms with Crippen molar-refractivity contribution in [2.24, 2.45) is 5.92 Å². The number of hydrogen-bond donors (Lipinski definition) is 1. The summed E-state index contributed by atoms with van der Waals surface area (Å²) in [6.07, 6.45) is 6.86. The Kier molecular flexibility index (Phi) is 4.28. The maximum absolute atomic E-state index is 9.29. The molecule has 1 fully saturated rings. The number of nitrogens with one attached hydrogen (secondary N) is 1. The molecule has 3 rings (SSSR count). The molecule has 3 nitrogen and oxygen atoms in total. The molecule has 0 amide bonds. The van der Waals surface area contributed by atoms with Gasteiger partial charge in [-0.2, -0.15) is 5.26 Å². The summed E-state index contributed by atoms with van der Waals surface area (Å²) >= 11 is 0. The maximum atomic E-state index is 9.29. The van der Waals surface area contributed by atoms with Gasteiger partial charge in [-0.25, -0.2) is 0 Å². The Bertz CT molecular complexity index is 564. The Morgan fingerprint density at radius 1 is 1.05 bits per heavy atom. The molecule has 1 aliphatic rings. The van der Waals surface area contributed by atoms with E-state index >= 15 is 0 Å². The lowest BCUT2D eigenvalue weighted by atomic mass is 9.96. The number of hydrogen-bond acceptors (Lipinski definition) is 3. The molecule has 0 radical (unpaired) electrons. The Balaban J connectivity index is 1.88. The van der Waals surface area contributed by atoms with Crippen molar-refractivity contribution in [2.75, 3.05) is 0 Å². The summed E-state index contributed by atoms with van der Waals surface area (Å²) in [5, 5.41) is 13.0. The number of rotatable bonds is 4. The Morgan fingerprint density at radius 3 is 2.48 bits per heavy atom. The highest BCUT2D eigenvalue weighted by Gasteiger charge is 2.29. The van der Waals surface area contributed by atoms with Crippen LogP contribution >= 0.6 is 0 Å². The summed E-state index contributed by atoms with van der Waals surface area (Å²) < 4.78 is 0. The lowest BCUT2D eigenvalue weighted by Crippen LogP contribution is -2.35. The van der Waals surface area contributed by atoms with Crippen molar-refractivity contribution in [2.45, 2.75) is 31.3 Å². The second kappa shape index (κ2) is 6.51. The predicted octanol–water partition coefficient (Wildman–Crippen LogP) is 3.45. The summed E-state index contributed by atoms with van der Waals surface area (Å²) in [5.74, 6) is 0.123. The third kappa shape index (κ3) is 3.12. The fourth-order valence-corrected chi connectivity index (χ4v) is 3.11. The van der Waals surface area contributed by atoms with E-state index in [1.165, 1.54) is 11.1 Å². The highest BCUT2D eigenvalue weighted by Crippen LogP contribution is 2.30. The van der Waals surface area contributed by atoms with Crippen molar-refractivity contribution >= 4 is 0 Å². The Morgan fingerprint density at radius 2 is 1.76 bits per heavy atom. The molecule has 2 aromatic rings. The van der Waals surface area contributed by atoms with Crippen molar-refractivity contribution in [3.8, 4) is 6.07 Å². The summed E-state index contributed by atoms with van der Waals surface area (Å²) in [4.78, 5) is 4.10. The second-order valence-corrected chi connectivity index (χ2v) is 5.56. The van der Waals surface area contributed by atoms with Crippen molar-refractivity contribution < 1.29 is 0 Å². The van der Waals surface area contributed by atoms with Crippen molar-refractivity contribution in [1.29, 1.82) is 5.26 Å². The molecule has 3 unspecified atom stereocenters. The number of nitrogens with zero attached hydrogens (tertiary/aromatic N) is 2. The van der Waals surface area contributed by atoms with Gasteiger partial charge < -0.3 is 5.32 Å². The van der Waals surface area contributed by atoms with Gasteiger partial charge in [-0.15, -0.1) is 0 Å². The summed E-state index contributed by atoms with van der Waals surface area (Å²) in [6.45, 7) is 0. The lowest BCUT2D eigenvalue weighted by molar-refractivity contribution is 0.431. The molecule has 1 aromatic carbocycles. The van der Waals surface area contributed by atoms with Crippen molar-refractivity contribution in [1.82, 2.24) is 10.3 Å². The van der Waals surface area contributed by atoms with Crippen LogP contribution in [-0.2, 0) is 0 Å². The van der Waals surface area contributed by atoms with Crippen molar-refractivity contribution in [3.05, 3.63) is 66.0 Å². The SMILES string of the molecule is N#CC1CCCC1NC(c1ccccc1)c1ccncc1. The first-order chi connectivity index (χ1) is 10.4. The van der Waals surface area contributed by atoms with E-state index in [1.54, 1.807) is 0 Å². The molecule has 3 atom stereocenters. The summed E-state index contributed by atoms with van der Waals surface area (Å²) in [5.41, 5.74) is 2.42. The standard InChI is InChI=1S/C18H19N3/c19-13-16-7-4-8-17(16)21-18(14-5-2-1-3-6-14)15-9-11-20-12-10-15/h1-3,5-6,9-12,16-18,21H,4,7-8H2. The van der Waals surface area contributed by atoms with E-state index in [0.29, 0.717) is 0 Å². The first-order valence-corrected chi connectivity index (χ1v) is 7.49. The van der Waals surface area contributed by atoms with Crippen LogP contribution in [0.4, 0.5) is 0 Å². The van der Waals surface area contributed by atoms with Crippen LogP contribution < -0.4 is 5.32 Å². The highest BCUT2D eigenvalue weighted by atomic mass is 15.0. The number of pyridine rings is 1. The molecule has 0 bridgehead atoms. The molecule has 0 aliphatic heterocycles. The van der Waals surface area contributed by atoms with E-state index < -0.39 is 0 Å². The normalized spacial score (nSPS) is 22.6. The van der Waals surface area contributed by atoms with Crippen LogP contribution in [0.15, 0.2) is 54.9 Å². The molecular formula is C18H19N3. The minimum atomic E-state index is 0.119. The molecular weight excluding hydrogens is 258 g/mol.